The minimum absolute atomic E-state index is 0.525. The number of nitrogens with zero attached hydrogens (tertiary/aromatic N) is 1. The highest BCUT2D eigenvalue weighted by atomic mass is 16.5. The molecule has 1 atom stereocenters. The molecule has 0 saturated carbocycles. The monoisotopic (exact) mass is 265 g/mol. The maximum atomic E-state index is 10.9. The van der Waals surface area contributed by atoms with E-state index in [0.717, 1.165) is 25.0 Å². The van der Waals surface area contributed by atoms with E-state index in [0.29, 0.717) is 6.61 Å². The van der Waals surface area contributed by atoms with Gasteiger partial charge in [-0.1, -0.05) is 19.1 Å². The Kier molecular flexibility index (Phi) is 6.36. The van der Waals surface area contributed by atoms with Crippen molar-refractivity contribution in [1.82, 2.24) is 4.90 Å². The second kappa shape index (κ2) is 7.79. The molecular formula is C15H23NO3. The number of rotatable bonds is 6. The Morgan fingerprint density at radius 1 is 1.63 bits per heavy atom. The first-order valence-corrected chi connectivity index (χ1v) is 6.66. The van der Waals surface area contributed by atoms with E-state index in [1.807, 2.05) is 12.3 Å². The normalized spacial score (nSPS) is 18.3. The third kappa shape index (κ3) is 4.91. The van der Waals surface area contributed by atoms with Crippen molar-refractivity contribution in [2.24, 2.45) is 0 Å². The average molecular weight is 265 g/mol. The largest absolute Gasteiger partial charge is 0.480 e. The Hall–Kier alpha value is -1.55. The summed E-state index contributed by atoms with van der Waals surface area (Å²) in [6.07, 6.45) is 9.93. The van der Waals surface area contributed by atoms with E-state index >= 15 is 0 Å². The lowest BCUT2D eigenvalue weighted by atomic mass is 10.0. The van der Waals surface area contributed by atoms with Gasteiger partial charge in [-0.25, -0.2) is 4.79 Å². The first-order chi connectivity index (χ1) is 9.06. The molecule has 1 unspecified atom stereocenters. The van der Waals surface area contributed by atoms with Gasteiger partial charge in [-0.15, -0.1) is 0 Å². The number of aliphatic carboxylic acids is 1. The Balaban J connectivity index is 2.76. The molecule has 0 radical (unpaired) electrons. The van der Waals surface area contributed by atoms with Gasteiger partial charge >= 0.3 is 5.97 Å². The van der Waals surface area contributed by atoms with Gasteiger partial charge in [-0.05, 0) is 37.0 Å². The summed E-state index contributed by atoms with van der Waals surface area (Å²) in [6, 6.07) is -0.525. The Bertz CT molecular complexity index is 396. The first-order valence-electron chi connectivity index (χ1n) is 6.66. The zero-order chi connectivity index (χ0) is 14.3. The summed E-state index contributed by atoms with van der Waals surface area (Å²) in [5.74, 6) is -0.821. The van der Waals surface area contributed by atoms with E-state index in [-0.39, 0.29) is 0 Å². The lowest BCUT2D eigenvalue weighted by molar-refractivity contribution is -0.141. The first kappa shape index (κ1) is 15.5. The van der Waals surface area contributed by atoms with Gasteiger partial charge in [0.05, 0.1) is 13.2 Å². The van der Waals surface area contributed by atoms with Crippen LogP contribution in [0.15, 0.2) is 35.6 Å². The molecule has 1 aliphatic heterocycles. The van der Waals surface area contributed by atoms with Crippen LogP contribution in [0.5, 0.6) is 0 Å². The van der Waals surface area contributed by atoms with Crippen LogP contribution in [0.1, 0.15) is 26.7 Å². The molecule has 1 heterocycles. The highest BCUT2D eigenvalue weighted by Gasteiger charge is 2.13. The standard InChI is InChI=1S/C15H23NO3/c1-4-5-13(14-7-10-19-11-8-14)6-9-16(3)12(2)15(17)18/h5-7,9,12H,4,8,10-11H2,1-3H3,(H,17,18)/b9-6-,13-5-. The van der Waals surface area contributed by atoms with Crippen molar-refractivity contribution in [2.75, 3.05) is 20.3 Å². The highest BCUT2D eigenvalue weighted by molar-refractivity contribution is 5.73. The van der Waals surface area contributed by atoms with Gasteiger partial charge in [0, 0.05) is 13.2 Å². The van der Waals surface area contributed by atoms with Crippen LogP contribution in [0, 0.1) is 0 Å². The fraction of sp³-hybridized carbons (Fsp3) is 0.533. The fourth-order valence-electron chi connectivity index (χ4n) is 1.82. The average Bonchev–Trinajstić information content (AvgIpc) is 2.43. The van der Waals surface area contributed by atoms with Crippen LogP contribution in [0.2, 0.25) is 0 Å². The van der Waals surface area contributed by atoms with E-state index in [1.165, 1.54) is 5.57 Å². The van der Waals surface area contributed by atoms with Gasteiger partial charge in [0.1, 0.15) is 6.04 Å². The molecule has 0 aromatic heterocycles. The van der Waals surface area contributed by atoms with Crippen LogP contribution in [0.4, 0.5) is 0 Å². The van der Waals surface area contributed by atoms with Gasteiger partial charge in [0.2, 0.25) is 0 Å². The third-order valence-electron chi connectivity index (χ3n) is 3.22. The predicted molar refractivity (Wildman–Crippen MR) is 75.9 cm³/mol. The predicted octanol–water partition coefficient (Wildman–Crippen LogP) is 2.59. The lowest BCUT2D eigenvalue weighted by Gasteiger charge is -2.20. The Labute approximate surface area is 115 Å². The van der Waals surface area contributed by atoms with Crippen molar-refractivity contribution in [3.05, 3.63) is 35.6 Å². The smallest absolute Gasteiger partial charge is 0.326 e. The molecule has 0 aromatic rings. The molecule has 0 bridgehead atoms. The van der Waals surface area contributed by atoms with E-state index < -0.39 is 12.0 Å². The van der Waals surface area contributed by atoms with Crippen molar-refractivity contribution in [1.29, 1.82) is 0 Å². The topological polar surface area (TPSA) is 49.8 Å². The van der Waals surface area contributed by atoms with Crippen LogP contribution in [-0.2, 0) is 9.53 Å². The molecule has 0 aliphatic carbocycles. The van der Waals surface area contributed by atoms with E-state index in [1.54, 1.807) is 18.9 Å². The molecule has 4 heteroatoms. The molecule has 0 fully saturated rings. The number of likely N-dealkylation sites (N-methyl/N-ethyl adjacent to an activating group) is 1. The molecule has 1 N–H and O–H groups in total. The lowest BCUT2D eigenvalue weighted by Crippen LogP contribution is -2.31. The quantitative estimate of drug-likeness (QED) is 0.750. The van der Waals surface area contributed by atoms with Crippen molar-refractivity contribution >= 4 is 5.97 Å². The number of hydrogen-bond acceptors (Lipinski definition) is 3. The third-order valence-corrected chi connectivity index (χ3v) is 3.22. The number of carboxylic acids is 1. The minimum atomic E-state index is -0.821. The minimum Gasteiger partial charge on any atom is -0.480 e. The molecule has 4 nitrogen and oxygen atoms in total. The zero-order valence-electron chi connectivity index (χ0n) is 11.9. The molecule has 106 valence electrons. The highest BCUT2D eigenvalue weighted by Crippen LogP contribution is 2.19. The molecular weight excluding hydrogens is 242 g/mol. The summed E-state index contributed by atoms with van der Waals surface area (Å²) >= 11 is 0. The maximum Gasteiger partial charge on any atom is 0.326 e. The van der Waals surface area contributed by atoms with Crippen molar-refractivity contribution in [3.63, 3.8) is 0 Å². The van der Waals surface area contributed by atoms with Crippen LogP contribution < -0.4 is 0 Å². The van der Waals surface area contributed by atoms with Crippen molar-refractivity contribution < 1.29 is 14.6 Å². The summed E-state index contributed by atoms with van der Waals surface area (Å²) in [4.78, 5) is 12.6. The Morgan fingerprint density at radius 3 is 2.89 bits per heavy atom. The van der Waals surface area contributed by atoms with Gasteiger partial charge in [0.25, 0.3) is 0 Å². The molecule has 1 rings (SSSR count). The zero-order valence-corrected chi connectivity index (χ0v) is 11.9. The molecule has 0 amide bonds. The van der Waals surface area contributed by atoms with Gasteiger partial charge < -0.3 is 14.7 Å². The SMILES string of the molecule is CC/C=C(/C=C\N(C)C(C)C(=O)O)C1=CCOCC1. The van der Waals surface area contributed by atoms with Crippen LogP contribution >= 0.6 is 0 Å². The summed E-state index contributed by atoms with van der Waals surface area (Å²) in [6.45, 7) is 5.18. The second-order valence-corrected chi connectivity index (χ2v) is 4.62. The number of carboxylic acid groups (broad SMARTS) is 1. The number of carbonyl (C=O) groups is 1. The summed E-state index contributed by atoms with van der Waals surface area (Å²) in [5, 5.41) is 8.95. The summed E-state index contributed by atoms with van der Waals surface area (Å²) in [7, 11) is 1.78. The fourth-order valence-corrected chi connectivity index (χ4v) is 1.82. The molecule has 19 heavy (non-hydrogen) atoms. The van der Waals surface area contributed by atoms with Crippen LogP contribution in [-0.4, -0.2) is 42.3 Å². The van der Waals surface area contributed by atoms with Crippen molar-refractivity contribution in [3.8, 4) is 0 Å². The molecule has 0 saturated heterocycles. The van der Waals surface area contributed by atoms with Gasteiger partial charge in [-0.3, -0.25) is 0 Å². The van der Waals surface area contributed by atoms with Gasteiger partial charge in [-0.2, -0.15) is 0 Å². The molecule has 0 aromatic carbocycles. The second-order valence-electron chi connectivity index (χ2n) is 4.62. The maximum absolute atomic E-state index is 10.9. The summed E-state index contributed by atoms with van der Waals surface area (Å²) < 4.78 is 5.31. The van der Waals surface area contributed by atoms with E-state index in [9.17, 15) is 4.79 Å². The number of ether oxygens (including phenoxy) is 1. The van der Waals surface area contributed by atoms with Crippen molar-refractivity contribution in [2.45, 2.75) is 32.7 Å². The van der Waals surface area contributed by atoms with Crippen LogP contribution in [0.3, 0.4) is 0 Å². The summed E-state index contributed by atoms with van der Waals surface area (Å²) in [5.41, 5.74) is 2.44. The molecule has 0 spiro atoms. The Morgan fingerprint density at radius 2 is 2.37 bits per heavy atom. The molecule has 1 aliphatic rings. The number of hydrogen-bond donors (Lipinski definition) is 1. The number of allylic oxidation sites excluding steroid dienone is 3. The van der Waals surface area contributed by atoms with E-state index in [2.05, 4.69) is 19.1 Å². The van der Waals surface area contributed by atoms with Crippen LogP contribution in [0.25, 0.3) is 0 Å². The van der Waals surface area contributed by atoms with E-state index in [4.69, 9.17) is 9.84 Å². The van der Waals surface area contributed by atoms with Gasteiger partial charge in [0.15, 0.2) is 0 Å².